The van der Waals surface area contributed by atoms with Crippen molar-refractivity contribution in [3.05, 3.63) is 0 Å². The van der Waals surface area contributed by atoms with Crippen LogP contribution in [0.25, 0.3) is 0 Å². The van der Waals surface area contributed by atoms with Crippen LogP contribution in [-0.4, -0.2) is 48.3 Å². The Morgan fingerprint density at radius 1 is 1.37 bits per heavy atom. The van der Waals surface area contributed by atoms with Crippen molar-refractivity contribution in [2.24, 2.45) is 5.92 Å². The first-order valence-corrected chi connectivity index (χ1v) is 7.10. The maximum atomic E-state index is 11.8. The second-order valence-electron chi connectivity index (χ2n) is 5.23. The van der Waals surface area contributed by atoms with Crippen LogP contribution in [0, 0.1) is 18.3 Å². The van der Waals surface area contributed by atoms with E-state index >= 15 is 0 Å². The van der Waals surface area contributed by atoms with Crippen LogP contribution < -0.4 is 0 Å². The van der Waals surface area contributed by atoms with E-state index in [2.05, 4.69) is 12.8 Å². The van der Waals surface area contributed by atoms with Crippen LogP contribution in [0.5, 0.6) is 0 Å². The van der Waals surface area contributed by atoms with Gasteiger partial charge in [-0.1, -0.05) is 6.92 Å². The van der Waals surface area contributed by atoms with Gasteiger partial charge in [0, 0.05) is 19.0 Å². The standard InChI is InChI=1S/C15H25NO3/c1-3-4-10-19-11-9-16(15(18)12-17)14-7-5-13(2)6-8-14/h1,13-14,17H,4-12H2,2H3. The Morgan fingerprint density at radius 2 is 2.05 bits per heavy atom. The number of carbonyl (C=O) groups is 1. The summed E-state index contributed by atoms with van der Waals surface area (Å²) in [5, 5.41) is 9.07. The number of rotatable bonds is 7. The number of aliphatic hydroxyl groups excluding tert-OH is 1. The molecule has 4 heteroatoms. The summed E-state index contributed by atoms with van der Waals surface area (Å²) in [5.74, 6) is 3.06. The van der Waals surface area contributed by atoms with Crippen LogP contribution in [-0.2, 0) is 9.53 Å². The van der Waals surface area contributed by atoms with E-state index in [-0.39, 0.29) is 11.9 Å². The lowest BCUT2D eigenvalue weighted by atomic mass is 9.86. The van der Waals surface area contributed by atoms with Crippen molar-refractivity contribution in [3.8, 4) is 12.3 Å². The highest BCUT2D eigenvalue weighted by Gasteiger charge is 2.26. The predicted molar refractivity (Wildman–Crippen MR) is 74.5 cm³/mol. The van der Waals surface area contributed by atoms with Crippen molar-refractivity contribution in [3.63, 3.8) is 0 Å². The van der Waals surface area contributed by atoms with Gasteiger partial charge in [0.05, 0.1) is 13.2 Å². The number of terminal acetylenes is 1. The summed E-state index contributed by atoms with van der Waals surface area (Å²) in [5.41, 5.74) is 0. The zero-order valence-corrected chi connectivity index (χ0v) is 11.8. The molecule has 0 heterocycles. The molecule has 1 saturated carbocycles. The number of amides is 1. The maximum Gasteiger partial charge on any atom is 0.248 e. The average molecular weight is 267 g/mol. The maximum absolute atomic E-state index is 11.8. The zero-order valence-electron chi connectivity index (χ0n) is 11.8. The predicted octanol–water partition coefficient (Wildman–Crippen LogP) is 1.43. The molecule has 1 fully saturated rings. The van der Waals surface area contributed by atoms with Crippen molar-refractivity contribution < 1.29 is 14.6 Å². The molecule has 0 radical (unpaired) electrons. The summed E-state index contributed by atoms with van der Waals surface area (Å²) in [6.45, 7) is 3.38. The van der Waals surface area contributed by atoms with E-state index in [1.807, 2.05) is 0 Å². The zero-order chi connectivity index (χ0) is 14.1. The molecule has 19 heavy (non-hydrogen) atoms. The lowest BCUT2D eigenvalue weighted by Crippen LogP contribution is -2.45. The fourth-order valence-electron chi connectivity index (χ4n) is 2.55. The van der Waals surface area contributed by atoms with Gasteiger partial charge in [0.15, 0.2) is 0 Å². The van der Waals surface area contributed by atoms with Gasteiger partial charge in [0.2, 0.25) is 5.91 Å². The Labute approximate surface area is 116 Å². The molecule has 0 aromatic rings. The van der Waals surface area contributed by atoms with E-state index in [4.69, 9.17) is 16.3 Å². The van der Waals surface area contributed by atoms with E-state index < -0.39 is 6.61 Å². The van der Waals surface area contributed by atoms with Crippen LogP contribution in [0.1, 0.15) is 39.0 Å². The number of nitrogens with zero attached hydrogens (tertiary/aromatic N) is 1. The Morgan fingerprint density at radius 3 is 2.63 bits per heavy atom. The third-order valence-electron chi connectivity index (χ3n) is 3.75. The van der Waals surface area contributed by atoms with Crippen LogP contribution in [0.15, 0.2) is 0 Å². The van der Waals surface area contributed by atoms with Crippen molar-refractivity contribution in [2.75, 3.05) is 26.4 Å². The number of aliphatic hydroxyl groups is 1. The molecule has 0 aromatic carbocycles. The van der Waals surface area contributed by atoms with Gasteiger partial charge in [0.1, 0.15) is 6.61 Å². The molecule has 0 spiro atoms. The third-order valence-corrected chi connectivity index (χ3v) is 3.75. The van der Waals surface area contributed by atoms with E-state index in [1.54, 1.807) is 4.90 Å². The normalized spacial score (nSPS) is 22.8. The minimum absolute atomic E-state index is 0.194. The largest absolute Gasteiger partial charge is 0.387 e. The Balaban J connectivity index is 2.39. The summed E-state index contributed by atoms with van der Waals surface area (Å²) < 4.78 is 5.39. The first-order valence-electron chi connectivity index (χ1n) is 7.10. The molecule has 0 aromatic heterocycles. The lowest BCUT2D eigenvalue weighted by molar-refractivity contribution is -0.138. The summed E-state index contributed by atoms with van der Waals surface area (Å²) in [4.78, 5) is 13.6. The van der Waals surface area contributed by atoms with Gasteiger partial charge in [-0.2, -0.15) is 0 Å². The van der Waals surface area contributed by atoms with E-state index in [9.17, 15) is 4.79 Å². The fourth-order valence-corrected chi connectivity index (χ4v) is 2.55. The van der Waals surface area contributed by atoms with E-state index in [0.717, 1.165) is 31.6 Å². The number of hydrogen-bond acceptors (Lipinski definition) is 3. The summed E-state index contributed by atoms with van der Waals surface area (Å²) in [6.07, 6.45) is 10.1. The van der Waals surface area contributed by atoms with Crippen LogP contribution in [0.3, 0.4) is 0 Å². The molecule has 108 valence electrons. The molecular formula is C15H25NO3. The van der Waals surface area contributed by atoms with Crippen molar-refractivity contribution in [1.29, 1.82) is 0 Å². The highest BCUT2D eigenvalue weighted by Crippen LogP contribution is 2.27. The molecule has 0 bridgehead atoms. The van der Waals surface area contributed by atoms with Gasteiger partial charge >= 0.3 is 0 Å². The van der Waals surface area contributed by atoms with Gasteiger partial charge < -0.3 is 14.7 Å². The first kappa shape index (κ1) is 16.0. The van der Waals surface area contributed by atoms with E-state index in [0.29, 0.717) is 26.2 Å². The second kappa shape index (κ2) is 8.95. The quantitative estimate of drug-likeness (QED) is 0.561. The number of carbonyl (C=O) groups excluding carboxylic acids is 1. The average Bonchev–Trinajstić information content (AvgIpc) is 2.43. The second-order valence-corrected chi connectivity index (χ2v) is 5.23. The monoisotopic (exact) mass is 267 g/mol. The molecule has 0 aliphatic heterocycles. The van der Waals surface area contributed by atoms with Crippen molar-refractivity contribution in [2.45, 2.75) is 45.1 Å². The molecule has 1 aliphatic rings. The Kier molecular flexibility index (Phi) is 7.54. The van der Waals surface area contributed by atoms with Crippen molar-refractivity contribution in [1.82, 2.24) is 4.90 Å². The topological polar surface area (TPSA) is 49.8 Å². The molecule has 4 nitrogen and oxygen atoms in total. The number of ether oxygens (including phenoxy) is 1. The van der Waals surface area contributed by atoms with Gasteiger partial charge in [-0.25, -0.2) is 0 Å². The highest BCUT2D eigenvalue weighted by molar-refractivity contribution is 5.77. The molecule has 0 atom stereocenters. The molecule has 1 amide bonds. The smallest absolute Gasteiger partial charge is 0.248 e. The van der Waals surface area contributed by atoms with Gasteiger partial charge in [0.25, 0.3) is 0 Å². The molecule has 1 aliphatic carbocycles. The van der Waals surface area contributed by atoms with Crippen LogP contribution >= 0.6 is 0 Å². The minimum Gasteiger partial charge on any atom is -0.387 e. The summed E-state index contributed by atoms with van der Waals surface area (Å²) in [7, 11) is 0. The first-order chi connectivity index (χ1) is 9.19. The van der Waals surface area contributed by atoms with Gasteiger partial charge in [-0.05, 0) is 31.6 Å². The van der Waals surface area contributed by atoms with E-state index in [1.165, 1.54) is 0 Å². The molecule has 1 N–H and O–H groups in total. The lowest BCUT2D eigenvalue weighted by Gasteiger charge is -2.35. The van der Waals surface area contributed by atoms with Crippen molar-refractivity contribution >= 4 is 5.91 Å². The minimum atomic E-state index is -0.420. The third kappa shape index (κ3) is 5.63. The molecule has 0 saturated heterocycles. The summed E-state index contributed by atoms with van der Waals surface area (Å²) in [6, 6.07) is 0.257. The Bertz CT molecular complexity index is 303. The summed E-state index contributed by atoms with van der Waals surface area (Å²) >= 11 is 0. The number of hydrogen-bond donors (Lipinski definition) is 1. The molecule has 0 unspecified atom stereocenters. The van der Waals surface area contributed by atoms with Crippen LogP contribution in [0.4, 0.5) is 0 Å². The van der Waals surface area contributed by atoms with Gasteiger partial charge in [-0.15, -0.1) is 12.3 Å². The SMILES string of the molecule is C#CCCOCCN(C(=O)CO)C1CCC(C)CC1. The fraction of sp³-hybridized carbons (Fsp3) is 0.800. The molecule has 1 rings (SSSR count). The van der Waals surface area contributed by atoms with Crippen LogP contribution in [0.2, 0.25) is 0 Å². The molecular weight excluding hydrogens is 242 g/mol. The highest BCUT2D eigenvalue weighted by atomic mass is 16.5. The Hall–Kier alpha value is -1.05. The van der Waals surface area contributed by atoms with Gasteiger partial charge in [-0.3, -0.25) is 4.79 Å².